The summed E-state index contributed by atoms with van der Waals surface area (Å²) in [5.74, 6) is -1.24. The molecule has 0 aliphatic rings. The highest BCUT2D eigenvalue weighted by atomic mass is 35.5. The molecule has 0 amide bonds. The molecule has 9 heteroatoms. The van der Waals surface area contributed by atoms with E-state index in [9.17, 15) is 9.59 Å². The number of hydrogen-bond acceptors (Lipinski definition) is 5. The van der Waals surface area contributed by atoms with Gasteiger partial charge in [-0.2, -0.15) is 4.68 Å². The lowest BCUT2D eigenvalue weighted by Crippen LogP contribution is -2.27. The molecule has 0 radical (unpaired) electrons. The van der Waals surface area contributed by atoms with Crippen LogP contribution in [0.15, 0.2) is 11.1 Å². The van der Waals surface area contributed by atoms with E-state index in [1.54, 1.807) is 0 Å². The van der Waals surface area contributed by atoms with Gasteiger partial charge in [0.2, 0.25) is 0 Å². The minimum absolute atomic E-state index is 0. The minimum Gasteiger partial charge on any atom is -0.476 e. The highest BCUT2D eigenvalue weighted by Gasteiger charge is 2.15. The fourth-order valence-electron chi connectivity index (χ4n) is 1.03. The fraction of sp³-hybridized carbons (Fsp3) is 0.167. The average Bonchev–Trinajstić information content (AvgIpc) is 2.55. The van der Waals surface area contributed by atoms with Crippen molar-refractivity contribution in [2.75, 3.05) is 0 Å². The SMILES string of the molecule is Cl.Cn1nnc2c(C(=O)O)ncn2c1=O. The number of rotatable bonds is 1. The Bertz CT molecular complexity index is 574. The summed E-state index contributed by atoms with van der Waals surface area (Å²) < 4.78 is 2.01. The molecule has 8 nitrogen and oxygen atoms in total. The zero-order valence-corrected chi connectivity index (χ0v) is 8.30. The van der Waals surface area contributed by atoms with E-state index < -0.39 is 11.7 Å². The molecule has 0 spiro atoms. The van der Waals surface area contributed by atoms with E-state index >= 15 is 0 Å². The molecule has 0 aromatic carbocycles. The molecule has 0 aliphatic heterocycles. The molecule has 15 heavy (non-hydrogen) atoms. The zero-order chi connectivity index (χ0) is 10.3. The van der Waals surface area contributed by atoms with Gasteiger partial charge >= 0.3 is 11.7 Å². The van der Waals surface area contributed by atoms with Crippen molar-refractivity contribution in [2.45, 2.75) is 0 Å². The Balaban J connectivity index is 0.00000112. The van der Waals surface area contributed by atoms with Gasteiger partial charge in [-0.05, 0) is 0 Å². The third-order valence-electron chi connectivity index (χ3n) is 1.70. The maximum Gasteiger partial charge on any atom is 0.358 e. The van der Waals surface area contributed by atoms with Crippen molar-refractivity contribution in [2.24, 2.45) is 7.05 Å². The van der Waals surface area contributed by atoms with E-state index in [2.05, 4.69) is 15.3 Å². The number of aromatic nitrogens is 5. The van der Waals surface area contributed by atoms with Crippen molar-refractivity contribution < 1.29 is 9.90 Å². The summed E-state index contributed by atoms with van der Waals surface area (Å²) in [6, 6.07) is 0. The molecule has 0 saturated heterocycles. The van der Waals surface area contributed by atoms with Gasteiger partial charge in [0.15, 0.2) is 11.3 Å². The van der Waals surface area contributed by atoms with E-state index in [-0.39, 0.29) is 23.7 Å². The second-order valence-electron chi connectivity index (χ2n) is 2.59. The van der Waals surface area contributed by atoms with Gasteiger partial charge in [-0.15, -0.1) is 17.5 Å². The number of hydrogen-bond donors (Lipinski definition) is 1. The fourth-order valence-corrected chi connectivity index (χ4v) is 1.03. The van der Waals surface area contributed by atoms with Crippen LogP contribution in [0.25, 0.3) is 5.65 Å². The van der Waals surface area contributed by atoms with Gasteiger partial charge in [0.25, 0.3) is 0 Å². The molecule has 0 atom stereocenters. The number of halogens is 1. The monoisotopic (exact) mass is 231 g/mol. The van der Waals surface area contributed by atoms with Crippen molar-refractivity contribution in [3.63, 3.8) is 0 Å². The summed E-state index contributed by atoms with van der Waals surface area (Å²) >= 11 is 0. The Kier molecular flexibility index (Phi) is 2.71. The van der Waals surface area contributed by atoms with E-state index in [4.69, 9.17) is 5.11 Å². The number of carbonyl (C=O) groups is 1. The Morgan fingerprint density at radius 1 is 1.53 bits per heavy atom. The van der Waals surface area contributed by atoms with Crippen LogP contribution in [0.5, 0.6) is 0 Å². The highest BCUT2D eigenvalue weighted by Crippen LogP contribution is 2.01. The van der Waals surface area contributed by atoms with Crippen molar-refractivity contribution in [3.05, 3.63) is 22.5 Å². The Morgan fingerprint density at radius 3 is 2.80 bits per heavy atom. The second kappa shape index (κ2) is 3.65. The average molecular weight is 232 g/mol. The smallest absolute Gasteiger partial charge is 0.358 e. The summed E-state index contributed by atoms with van der Waals surface area (Å²) in [6.07, 6.45) is 1.11. The molecule has 1 N–H and O–H groups in total. The molecule has 0 fully saturated rings. The predicted molar refractivity (Wildman–Crippen MR) is 50.2 cm³/mol. The quantitative estimate of drug-likeness (QED) is 0.671. The van der Waals surface area contributed by atoms with Crippen molar-refractivity contribution in [1.82, 2.24) is 24.4 Å². The molecule has 2 aromatic heterocycles. The molecule has 80 valence electrons. The third kappa shape index (κ3) is 1.54. The largest absolute Gasteiger partial charge is 0.476 e. The maximum absolute atomic E-state index is 11.4. The topological polar surface area (TPSA) is 102 Å². The number of fused-ring (bicyclic) bond motifs is 1. The van der Waals surface area contributed by atoms with Gasteiger partial charge in [0, 0.05) is 7.05 Å². The molecular weight excluding hydrogens is 226 g/mol. The van der Waals surface area contributed by atoms with Gasteiger partial charge in [-0.3, -0.25) is 0 Å². The molecule has 0 unspecified atom stereocenters. The highest BCUT2D eigenvalue weighted by molar-refractivity contribution is 5.91. The molecule has 2 rings (SSSR count). The molecule has 0 saturated carbocycles. The van der Waals surface area contributed by atoms with Crippen molar-refractivity contribution in [1.29, 1.82) is 0 Å². The number of nitrogens with zero attached hydrogens (tertiary/aromatic N) is 5. The van der Waals surface area contributed by atoms with Gasteiger partial charge < -0.3 is 5.11 Å². The third-order valence-corrected chi connectivity index (χ3v) is 1.70. The second-order valence-corrected chi connectivity index (χ2v) is 2.59. The Labute approximate surface area is 88.6 Å². The maximum atomic E-state index is 11.4. The van der Waals surface area contributed by atoms with Crippen LogP contribution in [0.2, 0.25) is 0 Å². The van der Waals surface area contributed by atoms with Crippen LogP contribution in [0.1, 0.15) is 10.5 Å². The Hall–Kier alpha value is -1.96. The van der Waals surface area contributed by atoms with Gasteiger partial charge in [-0.25, -0.2) is 19.0 Å². The lowest BCUT2D eigenvalue weighted by Gasteiger charge is -1.94. The summed E-state index contributed by atoms with van der Waals surface area (Å²) in [6.45, 7) is 0. The number of aryl methyl sites for hydroxylation is 1. The van der Waals surface area contributed by atoms with E-state index in [1.807, 2.05) is 0 Å². The van der Waals surface area contributed by atoms with Crippen LogP contribution in [0.3, 0.4) is 0 Å². The number of carboxylic acids is 1. The van der Waals surface area contributed by atoms with Crippen LogP contribution in [0.4, 0.5) is 0 Å². The van der Waals surface area contributed by atoms with Gasteiger partial charge in [0.1, 0.15) is 6.33 Å². The van der Waals surface area contributed by atoms with Gasteiger partial charge in [0.05, 0.1) is 0 Å². The lowest BCUT2D eigenvalue weighted by molar-refractivity contribution is 0.0693. The standard InChI is InChI=1S/C6H5N5O3.ClH/c1-10-6(14)11-2-7-3(5(12)13)4(11)8-9-10;/h2H,1H3,(H,12,13);1H. The molecule has 2 aromatic rings. The van der Waals surface area contributed by atoms with E-state index in [0.29, 0.717) is 0 Å². The first-order valence-corrected chi connectivity index (χ1v) is 3.61. The molecule has 0 aliphatic carbocycles. The summed E-state index contributed by atoms with van der Waals surface area (Å²) in [5.41, 5.74) is -0.828. The van der Waals surface area contributed by atoms with Crippen molar-refractivity contribution >= 4 is 24.0 Å². The molecule has 2 heterocycles. The first-order chi connectivity index (χ1) is 6.61. The normalized spacial score (nSPS) is 9.93. The molecule has 0 bridgehead atoms. The predicted octanol–water partition coefficient (Wildman–Crippen LogP) is -1.06. The van der Waals surface area contributed by atoms with Crippen LogP contribution in [-0.2, 0) is 7.05 Å². The Morgan fingerprint density at radius 2 is 2.20 bits per heavy atom. The van der Waals surface area contributed by atoms with E-state index in [0.717, 1.165) is 15.4 Å². The first-order valence-electron chi connectivity index (χ1n) is 3.61. The number of aromatic carboxylic acids is 1. The summed E-state index contributed by atoms with van der Waals surface area (Å²) in [5, 5.41) is 15.7. The summed E-state index contributed by atoms with van der Waals surface area (Å²) in [7, 11) is 1.41. The van der Waals surface area contributed by atoms with Crippen molar-refractivity contribution in [3.8, 4) is 0 Å². The minimum atomic E-state index is -1.24. The number of imidazole rings is 1. The first kappa shape index (κ1) is 11.1. The van der Waals surface area contributed by atoms with Crippen LogP contribution < -0.4 is 5.69 Å². The lowest BCUT2D eigenvalue weighted by atomic mass is 10.5. The van der Waals surface area contributed by atoms with Crippen LogP contribution in [0, 0.1) is 0 Å². The van der Waals surface area contributed by atoms with Crippen LogP contribution >= 0.6 is 12.4 Å². The van der Waals surface area contributed by atoms with Crippen LogP contribution in [-0.4, -0.2) is 35.5 Å². The van der Waals surface area contributed by atoms with Gasteiger partial charge in [-0.1, -0.05) is 5.21 Å². The zero-order valence-electron chi connectivity index (χ0n) is 7.49. The number of carboxylic acid groups (broad SMARTS) is 1. The van der Waals surface area contributed by atoms with E-state index in [1.165, 1.54) is 7.05 Å². The summed E-state index contributed by atoms with van der Waals surface area (Å²) in [4.78, 5) is 25.5. The molecular formula is C6H6ClN5O3.